The fourth-order valence-corrected chi connectivity index (χ4v) is 2.61. The molecule has 0 heterocycles. The number of benzene rings is 1. The van der Waals surface area contributed by atoms with Crippen LogP contribution in [0.5, 0.6) is 0 Å². The molecule has 0 aromatic heterocycles. The van der Waals surface area contributed by atoms with E-state index in [1.54, 1.807) is 24.3 Å². The second kappa shape index (κ2) is 6.62. The van der Waals surface area contributed by atoms with E-state index in [9.17, 15) is 9.59 Å². The topological polar surface area (TPSA) is 54.4 Å². The van der Waals surface area contributed by atoms with Crippen molar-refractivity contribution in [2.24, 2.45) is 5.92 Å². The van der Waals surface area contributed by atoms with E-state index < -0.39 is 0 Å². The Morgan fingerprint density at radius 3 is 2.58 bits per heavy atom. The highest BCUT2D eigenvalue weighted by molar-refractivity contribution is 5.96. The summed E-state index contributed by atoms with van der Waals surface area (Å²) in [7, 11) is 0. The predicted molar refractivity (Wildman–Crippen MR) is 72.9 cm³/mol. The molecule has 1 saturated carbocycles. The summed E-state index contributed by atoms with van der Waals surface area (Å²) in [6, 6.07) is 7.02. The Balaban J connectivity index is 1.87. The Labute approximate surface area is 113 Å². The normalized spacial score (nSPS) is 19.4. The lowest BCUT2D eigenvalue weighted by molar-refractivity contribution is -0.124. The molecule has 1 N–H and O–H groups in total. The first-order valence-electron chi connectivity index (χ1n) is 6.96. The van der Waals surface area contributed by atoms with Gasteiger partial charge in [-0.2, -0.15) is 0 Å². The van der Waals surface area contributed by atoms with Gasteiger partial charge in [-0.1, -0.05) is 30.7 Å². The van der Waals surface area contributed by atoms with Crippen LogP contribution >= 0.6 is 0 Å². The van der Waals surface area contributed by atoms with Crippen LogP contribution in [0.25, 0.3) is 0 Å². The van der Waals surface area contributed by atoms with E-state index in [1.807, 2.05) is 0 Å². The summed E-state index contributed by atoms with van der Waals surface area (Å²) < 4.78 is 0. The molecule has 0 spiro atoms. The predicted octanol–water partition coefficient (Wildman–Crippen LogP) is 2.90. The van der Waals surface area contributed by atoms with Gasteiger partial charge < -0.3 is 5.11 Å². The molecule has 1 aliphatic carbocycles. The lowest BCUT2D eigenvalue weighted by Crippen LogP contribution is -2.19. The maximum absolute atomic E-state index is 12.0. The van der Waals surface area contributed by atoms with Crippen LogP contribution in [0, 0.1) is 5.92 Å². The summed E-state index contributed by atoms with van der Waals surface area (Å²) >= 11 is 0. The van der Waals surface area contributed by atoms with E-state index in [-0.39, 0.29) is 18.3 Å². The van der Waals surface area contributed by atoms with Gasteiger partial charge in [0, 0.05) is 24.3 Å². The summed E-state index contributed by atoms with van der Waals surface area (Å²) in [6.07, 6.45) is 4.86. The van der Waals surface area contributed by atoms with Gasteiger partial charge in [-0.05, 0) is 24.8 Å². The van der Waals surface area contributed by atoms with Gasteiger partial charge in [-0.3, -0.25) is 9.59 Å². The quantitative estimate of drug-likeness (QED) is 0.828. The summed E-state index contributed by atoms with van der Waals surface area (Å²) in [5.41, 5.74) is 1.47. The van der Waals surface area contributed by atoms with Gasteiger partial charge in [-0.15, -0.1) is 0 Å². The van der Waals surface area contributed by atoms with E-state index in [2.05, 4.69) is 0 Å². The molecule has 0 radical (unpaired) electrons. The van der Waals surface area contributed by atoms with Crippen LogP contribution in [0.1, 0.15) is 54.4 Å². The Hall–Kier alpha value is -1.48. The number of hydrogen-bond acceptors (Lipinski definition) is 3. The minimum Gasteiger partial charge on any atom is -0.392 e. The molecule has 19 heavy (non-hydrogen) atoms. The second-order valence-corrected chi connectivity index (χ2v) is 5.23. The third kappa shape index (κ3) is 3.74. The van der Waals surface area contributed by atoms with Gasteiger partial charge in [0.05, 0.1) is 6.61 Å². The first-order chi connectivity index (χ1) is 9.20. The SMILES string of the molecule is O=C(CC[C@H]1CCCCC1=O)c1ccc(CO)cc1. The van der Waals surface area contributed by atoms with E-state index in [0.29, 0.717) is 30.6 Å². The second-order valence-electron chi connectivity index (χ2n) is 5.23. The fourth-order valence-electron chi connectivity index (χ4n) is 2.61. The van der Waals surface area contributed by atoms with Gasteiger partial charge in [0.15, 0.2) is 5.78 Å². The van der Waals surface area contributed by atoms with Crippen LogP contribution < -0.4 is 0 Å². The molecule has 1 aromatic rings. The minimum absolute atomic E-state index is 0.00888. The van der Waals surface area contributed by atoms with Crippen molar-refractivity contribution in [2.75, 3.05) is 0 Å². The number of ketones is 2. The van der Waals surface area contributed by atoms with Crippen LogP contribution in [0.15, 0.2) is 24.3 Å². The first kappa shape index (κ1) is 13.9. The van der Waals surface area contributed by atoms with Crippen molar-refractivity contribution >= 4 is 11.6 Å². The molecule has 0 aliphatic heterocycles. The number of aliphatic hydroxyl groups is 1. The summed E-state index contributed by atoms with van der Waals surface area (Å²) in [5.74, 6) is 0.506. The zero-order valence-electron chi connectivity index (χ0n) is 11.1. The van der Waals surface area contributed by atoms with Gasteiger partial charge in [0.25, 0.3) is 0 Å². The molecule has 1 aromatic carbocycles. The Morgan fingerprint density at radius 1 is 1.21 bits per heavy atom. The minimum atomic E-state index is -0.00888. The molecular weight excluding hydrogens is 240 g/mol. The van der Waals surface area contributed by atoms with Crippen molar-refractivity contribution in [1.29, 1.82) is 0 Å². The van der Waals surface area contributed by atoms with Crippen LogP contribution in [0.3, 0.4) is 0 Å². The molecular formula is C16H20O3. The van der Waals surface area contributed by atoms with Crippen LogP contribution in [-0.2, 0) is 11.4 Å². The number of carbonyl (C=O) groups is 2. The number of Topliss-reactive ketones (excluding diaryl/α,β-unsaturated/α-hetero) is 2. The monoisotopic (exact) mass is 260 g/mol. The van der Waals surface area contributed by atoms with Gasteiger partial charge in [-0.25, -0.2) is 0 Å². The molecule has 2 rings (SSSR count). The van der Waals surface area contributed by atoms with Gasteiger partial charge in [0.1, 0.15) is 5.78 Å². The van der Waals surface area contributed by atoms with E-state index in [1.165, 1.54) is 0 Å². The average Bonchev–Trinajstić information content (AvgIpc) is 2.46. The zero-order chi connectivity index (χ0) is 13.7. The Morgan fingerprint density at radius 2 is 1.95 bits per heavy atom. The van der Waals surface area contributed by atoms with Crippen molar-refractivity contribution in [1.82, 2.24) is 0 Å². The third-order valence-corrected chi connectivity index (χ3v) is 3.86. The maximum atomic E-state index is 12.0. The van der Waals surface area contributed by atoms with Crippen LogP contribution in [0.4, 0.5) is 0 Å². The van der Waals surface area contributed by atoms with E-state index in [4.69, 9.17) is 5.11 Å². The average molecular weight is 260 g/mol. The summed E-state index contributed by atoms with van der Waals surface area (Å²) in [5, 5.41) is 8.95. The molecule has 0 saturated heterocycles. The molecule has 0 bridgehead atoms. The first-order valence-corrected chi connectivity index (χ1v) is 6.96. The van der Waals surface area contributed by atoms with E-state index >= 15 is 0 Å². The largest absolute Gasteiger partial charge is 0.392 e. The standard InChI is InChI=1S/C16H20O3/c17-11-12-5-7-14(8-6-12)16(19)10-9-13-3-1-2-4-15(13)18/h5-8,13,17H,1-4,9-11H2/t13-/m1/s1. The van der Waals surface area contributed by atoms with Crippen molar-refractivity contribution in [2.45, 2.75) is 45.1 Å². The molecule has 1 fully saturated rings. The number of hydrogen-bond donors (Lipinski definition) is 1. The lowest BCUT2D eigenvalue weighted by atomic mass is 9.84. The smallest absolute Gasteiger partial charge is 0.162 e. The highest BCUT2D eigenvalue weighted by atomic mass is 16.3. The van der Waals surface area contributed by atoms with E-state index in [0.717, 1.165) is 24.8 Å². The van der Waals surface area contributed by atoms with Crippen LogP contribution in [-0.4, -0.2) is 16.7 Å². The Bertz CT molecular complexity index is 448. The molecule has 1 atom stereocenters. The van der Waals surface area contributed by atoms with Crippen LogP contribution in [0.2, 0.25) is 0 Å². The van der Waals surface area contributed by atoms with Crippen molar-refractivity contribution < 1.29 is 14.7 Å². The maximum Gasteiger partial charge on any atom is 0.162 e. The number of rotatable bonds is 5. The summed E-state index contributed by atoms with van der Waals surface area (Å²) in [4.78, 5) is 23.7. The zero-order valence-corrected chi connectivity index (χ0v) is 11.1. The third-order valence-electron chi connectivity index (χ3n) is 3.86. The molecule has 3 nitrogen and oxygen atoms in total. The van der Waals surface area contributed by atoms with Crippen molar-refractivity contribution in [3.05, 3.63) is 35.4 Å². The van der Waals surface area contributed by atoms with Gasteiger partial charge in [0.2, 0.25) is 0 Å². The molecule has 102 valence electrons. The molecule has 0 unspecified atom stereocenters. The number of aliphatic hydroxyl groups excluding tert-OH is 1. The number of carbonyl (C=O) groups excluding carboxylic acids is 2. The highest BCUT2D eigenvalue weighted by Gasteiger charge is 2.22. The highest BCUT2D eigenvalue weighted by Crippen LogP contribution is 2.25. The summed E-state index contributed by atoms with van der Waals surface area (Å²) in [6.45, 7) is -0.00888. The van der Waals surface area contributed by atoms with Crippen molar-refractivity contribution in [3.63, 3.8) is 0 Å². The Kier molecular flexibility index (Phi) is 4.86. The molecule has 3 heteroatoms. The van der Waals surface area contributed by atoms with Gasteiger partial charge >= 0.3 is 0 Å². The lowest BCUT2D eigenvalue weighted by Gasteiger charge is -2.19. The fraction of sp³-hybridized carbons (Fsp3) is 0.500. The molecule has 0 amide bonds. The molecule has 1 aliphatic rings. The van der Waals surface area contributed by atoms with Crippen molar-refractivity contribution in [3.8, 4) is 0 Å².